The van der Waals surface area contributed by atoms with Gasteiger partial charge in [-0.05, 0) is 54.8 Å². The molecular weight excluding hydrogens is 462 g/mol. The molecule has 35 heavy (non-hydrogen) atoms. The van der Waals surface area contributed by atoms with Crippen LogP contribution in [0, 0.1) is 0 Å². The van der Waals surface area contributed by atoms with Crippen molar-refractivity contribution in [2.45, 2.75) is 24.2 Å². The molecule has 1 aliphatic heterocycles. The lowest BCUT2D eigenvalue weighted by molar-refractivity contribution is -0.132. The van der Waals surface area contributed by atoms with Gasteiger partial charge in [0.05, 0.1) is 4.90 Å². The number of hydrogen-bond donors (Lipinski definition) is 1. The number of hydrogen-bond acceptors (Lipinski definition) is 4. The Labute approximate surface area is 206 Å². The minimum Gasteiger partial charge on any atom is -0.339 e. The SMILES string of the molecule is O=C(CCCc1ccccc1)N1CCN(C(=O)c2ccc(S(=O)(=O)Nc3ccccc3)cc2)CC1. The number of para-hydroxylation sites is 1. The Balaban J connectivity index is 1.27. The molecule has 0 saturated carbocycles. The van der Waals surface area contributed by atoms with E-state index < -0.39 is 10.0 Å². The highest BCUT2D eigenvalue weighted by atomic mass is 32.2. The molecule has 0 aliphatic carbocycles. The molecule has 0 bridgehead atoms. The second kappa shape index (κ2) is 11.2. The summed E-state index contributed by atoms with van der Waals surface area (Å²) in [7, 11) is -3.74. The van der Waals surface area contributed by atoms with Crippen LogP contribution in [0.5, 0.6) is 0 Å². The van der Waals surface area contributed by atoms with Crippen molar-refractivity contribution in [1.29, 1.82) is 0 Å². The first-order valence-corrected chi connectivity index (χ1v) is 13.2. The normalized spacial score (nSPS) is 13.9. The lowest BCUT2D eigenvalue weighted by Gasteiger charge is -2.35. The molecule has 0 spiro atoms. The molecule has 1 fully saturated rings. The maximum atomic E-state index is 12.9. The Bertz CT molecular complexity index is 1240. The molecule has 0 aromatic heterocycles. The van der Waals surface area contributed by atoms with E-state index in [0.717, 1.165) is 12.8 Å². The number of rotatable bonds is 8. The van der Waals surface area contributed by atoms with Crippen molar-refractivity contribution in [3.63, 3.8) is 0 Å². The fourth-order valence-electron chi connectivity index (χ4n) is 4.08. The van der Waals surface area contributed by atoms with Gasteiger partial charge in [-0.2, -0.15) is 0 Å². The third kappa shape index (κ3) is 6.48. The van der Waals surface area contributed by atoms with E-state index in [9.17, 15) is 18.0 Å². The average Bonchev–Trinajstić information content (AvgIpc) is 2.89. The standard InChI is InChI=1S/C27H29N3O4S/c31-26(13-7-10-22-8-3-1-4-9-22)29-18-20-30(21-19-29)27(32)23-14-16-25(17-15-23)35(33,34)28-24-11-5-2-6-12-24/h1-6,8-9,11-12,14-17,28H,7,10,13,18-21H2. The first-order chi connectivity index (χ1) is 16.9. The molecule has 4 rings (SSSR count). The van der Waals surface area contributed by atoms with Gasteiger partial charge < -0.3 is 9.80 Å². The van der Waals surface area contributed by atoms with Crippen LogP contribution in [0.4, 0.5) is 5.69 Å². The monoisotopic (exact) mass is 491 g/mol. The lowest BCUT2D eigenvalue weighted by atomic mass is 10.1. The predicted octanol–water partition coefficient (Wildman–Crippen LogP) is 3.79. The summed E-state index contributed by atoms with van der Waals surface area (Å²) in [6, 6.07) is 24.7. The topological polar surface area (TPSA) is 86.8 Å². The van der Waals surface area contributed by atoms with Crippen LogP contribution in [0.3, 0.4) is 0 Å². The van der Waals surface area contributed by atoms with E-state index in [0.29, 0.717) is 43.9 Å². The summed E-state index contributed by atoms with van der Waals surface area (Å²) in [4.78, 5) is 29.1. The second-order valence-corrected chi connectivity index (χ2v) is 10.2. The van der Waals surface area contributed by atoms with Crippen molar-refractivity contribution in [3.8, 4) is 0 Å². The molecule has 2 amide bonds. The number of piperazine rings is 1. The maximum Gasteiger partial charge on any atom is 0.261 e. The van der Waals surface area contributed by atoms with Gasteiger partial charge in [-0.25, -0.2) is 8.42 Å². The number of nitrogens with zero attached hydrogens (tertiary/aromatic N) is 2. The Morgan fingerprint density at radius 1 is 0.743 bits per heavy atom. The number of carbonyl (C=O) groups is 2. The molecule has 3 aromatic rings. The average molecular weight is 492 g/mol. The van der Waals surface area contributed by atoms with Gasteiger partial charge >= 0.3 is 0 Å². The maximum absolute atomic E-state index is 12.9. The fourth-order valence-corrected chi connectivity index (χ4v) is 5.14. The lowest BCUT2D eigenvalue weighted by Crippen LogP contribution is -2.50. The Kier molecular flexibility index (Phi) is 7.82. The van der Waals surface area contributed by atoms with Crippen molar-refractivity contribution in [2.75, 3.05) is 30.9 Å². The highest BCUT2D eigenvalue weighted by Crippen LogP contribution is 2.18. The van der Waals surface area contributed by atoms with E-state index in [1.165, 1.54) is 29.8 Å². The Morgan fingerprint density at radius 2 is 1.31 bits per heavy atom. The van der Waals surface area contributed by atoms with Crippen molar-refractivity contribution in [3.05, 3.63) is 96.1 Å². The van der Waals surface area contributed by atoms with Crippen molar-refractivity contribution >= 4 is 27.5 Å². The summed E-state index contributed by atoms with van der Waals surface area (Å²) in [6.45, 7) is 1.92. The Morgan fingerprint density at radius 3 is 1.94 bits per heavy atom. The number of amides is 2. The summed E-state index contributed by atoms with van der Waals surface area (Å²) in [5.41, 5.74) is 2.12. The van der Waals surface area contributed by atoms with E-state index in [1.54, 1.807) is 35.2 Å². The predicted molar refractivity (Wildman–Crippen MR) is 136 cm³/mol. The highest BCUT2D eigenvalue weighted by molar-refractivity contribution is 7.92. The summed E-state index contributed by atoms with van der Waals surface area (Å²) in [5.74, 6) is -0.0466. The zero-order valence-electron chi connectivity index (χ0n) is 19.5. The highest BCUT2D eigenvalue weighted by Gasteiger charge is 2.25. The van der Waals surface area contributed by atoms with Crippen LogP contribution in [-0.2, 0) is 21.2 Å². The number of sulfonamides is 1. The molecule has 8 heteroatoms. The second-order valence-electron chi connectivity index (χ2n) is 8.51. The van der Waals surface area contributed by atoms with Gasteiger partial charge in [-0.1, -0.05) is 48.5 Å². The molecular formula is C27H29N3O4S. The van der Waals surface area contributed by atoms with E-state index in [1.807, 2.05) is 23.1 Å². The van der Waals surface area contributed by atoms with Gasteiger partial charge in [0.25, 0.3) is 15.9 Å². The van der Waals surface area contributed by atoms with Gasteiger partial charge in [0, 0.05) is 43.9 Å². The molecule has 0 radical (unpaired) electrons. The Hall–Kier alpha value is -3.65. The largest absolute Gasteiger partial charge is 0.339 e. The van der Waals surface area contributed by atoms with E-state index >= 15 is 0 Å². The first-order valence-electron chi connectivity index (χ1n) is 11.7. The minimum absolute atomic E-state index is 0.0869. The van der Waals surface area contributed by atoms with E-state index in [4.69, 9.17) is 0 Å². The number of anilines is 1. The summed E-state index contributed by atoms with van der Waals surface area (Å²) in [5, 5.41) is 0. The fraction of sp³-hybridized carbons (Fsp3) is 0.259. The molecule has 1 aliphatic rings. The third-order valence-corrected chi connectivity index (χ3v) is 7.45. The third-order valence-electron chi connectivity index (χ3n) is 6.06. The van der Waals surface area contributed by atoms with Crippen LogP contribution in [-0.4, -0.2) is 56.2 Å². The molecule has 7 nitrogen and oxygen atoms in total. The first kappa shape index (κ1) is 24.5. The van der Waals surface area contributed by atoms with Crippen LogP contribution in [0.1, 0.15) is 28.8 Å². The van der Waals surface area contributed by atoms with Gasteiger partial charge in [0.2, 0.25) is 5.91 Å². The molecule has 0 unspecified atom stereocenters. The summed E-state index contributed by atoms with van der Waals surface area (Å²) in [6.07, 6.45) is 2.17. The van der Waals surface area contributed by atoms with Gasteiger partial charge in [0.1, 0.15) is 0 Å². The molecule has 1 heterocycles. The summed E-state index contributed by atoms with van der Waals surface area (Å²) >= 11 is 0. The number of nitrogens with one attached hydrogen (secondary N) is 1. The molecule has 182 valence electrons. The van der Waals surface area contributed by atoms with Crippen LogP contribution >= 0.6 is 0 Å². The van der Waals surface area contributed by atoms with Gasteiger partial charge in [-0.3, -0.25) is 14.3 Å². The van der Waals surface area contributed by atoms with Crippen LogP contribution < -0.4 is 4.72 Å². The number of aryl methyl sites for hydroxylation is 1. The van der Waals surface area contributed by atoms with E-state index in [-0.39, 0.29) is 16.7 Å². The quantitative estimate of drug-likeness (QED) is 0.519. The number of carbonyl (C=O) groups excluding carboxylic acids is 2. The van der Waals surface area contributed by atoms with Gasteiger partial charge in [0.15, 0.2) is 0 Å². The van der Waals surface area contributed by atoms with Crippen LogP contribution in [0.15, 0.2) is 89.8 Å². The van der Waals surface area contributed by atoms with Crippen molar-refractivity contribution < 1.29 is 18.0 Å². The summed E-state index contributed by atoms with van der Waals surface area (Å²) < 4.78 is 27.7. The van der Waals surface area contributed by atoms with Crippen LogP contribution in [0.2, 0.25) is 0 Å². The van der Waals surface area contributed by atoms with Gasteiger partial charge in [-0.15, -0.1) is 0 Å². The zero-order valence-corrected chi connectivity index (χ0v) is 20.3. The molecule has 3 aromatic carbocycles. The molecule has 0 atom stereocenters. The minimum atomic E-state index is -3.74. The number of benzene rings is 3. The van der Waals surface area contributed by atoms with Crippen LogP contribution in [0.25, 0.3) is 0 Å². The zero-order chi connectivity index (χ0) is 24.7. The van der Waals surface area contributed by atoms with Crippen molar-refractivity contribution in [2.24, 2.45) is 0 Å². The van der Waals surface area contributed by atoms with E-state index in [2.05, 4.69) is 16.9 Å². The molecule has 1 saturated heterocycles. The molecule has 1 N–H and O–H groups in total. The van der Waals surface area contributed by atoms with Crippen molar-refractivity contribution in [1.82, 2.24) is 9.80 Å². The smallest absolute Gasteiger partial charge is 0.261 e.